The molecule has 0 bridgehead atoms. The fourth-order valence-corrected chi connectivity index (χ4v) is 2.78. The molecule has 32 heavy (non-hydrogen) atoms. The molecule has 1 amide bonds. The van der Waals surface area contributed by atoms with Gasteiger partial charge >= 0.3 is 5.88 Å². The van der Waals surface area contributed by atoms with Gasteiger partial charge in [-0.25, -0.2) is 5.43 Å². The lowest BCUT2D eigenvalue weighted by molar-refractivity contribution is -0.401. The van der Waals surface area contributed by atoms with E-state index in [1.54, 1.807) is 7.05 Å². The maximum absolute atomic E-state index is 12.5. The summed E-state index contributed by atoms with van der Waals surface area (Å²) in [6, 6.07) is 4.18. The Balaban J connectivity index is 1.87. The predicted octanol–water partition coefficient (Wildman–Crippen LogP) is 2.48. The Labute approximate surface area is 177 Å². The van der Waals surface area contributed by atoms with Gasteiger partial charge in [-0.15, -0.1) is 0 Å². The van der Waals surface area contributed by atoms with Crippen molar-refractivity contribution in [3.05, 3.63) is 77.5 Å². The zero-order valence-electron chi connectivity index (χ0n) is 16.4. The van der Waals surface area contributed by atoms with Gasteiger partial charge in [0.1, 0.15) is 10.6 Å². The van der Waals surface area contributed by atoms with Gasteiger partial charge < -0.3 is 4.42 Å². The number of hydrogen-bond donors (Lipinski definition) is 1. The molecular formula is C17H13N7O8. The first-order valence-corrected chi connectivity index (χ1v) is 8.63. The smallest absolute Gasteiger partial charge is 0.399 e. The van der Waals surface area contributed by atoms with E-state index in [1.807, 2.05) is 0 Å². The number of nitrogens with one attached hydrogen (secondary N) is 1. The third kappa shape index (κ3) is 4.30. The molecule has 0 fully saturated rings. The molecule has 3 aromatic rings. The van der Waals surface area contributed by atoms with E-state index in [0.717, 1.165) is 18.2 Å². The molecule has 0 aliphatic rings. The Morgan fingerprint density at radius 3 is 2.47 bits per heavy atom. The van der Waals surface area contributed by atoms with Gasteiger partial charge in [0.25, 0.3) is 17.3 Å². The van der Waals surface area contributed by atoms with E-state index in [0.29, 0.717) is 5.56 Å². The summed E-state index contributed by atoms with van der Waals surface area (Å²) in [5.74, 6) is -1.30. The van der Waals surface area contributed by atoms with Crippen LogP contribution in [0.15, 0.2) is 40.0 Å². The largest absolute Gasteiger partial charge is 0.433 e. The van der Waals surface area contributed by atoms with Gasteiger partial charge in [-0.1, -0.05) is 0 Å². The third-order valence-electron chi connectivity index (χ3n) is 4.25. The van der Waals surface area contributed by atoms with Crippen LogP contribution in [0.2, 0.25) is 0 Å². The van der Waals surface area contributed by atoms with Crippen LogP contribution in [-0.2, 0) is 7.05 Å². The monoisotopic (exact) mass is 443 g/mol. The number of aryl methyl sites for hydroxylation is 1. The van der Waals surface area contributed by atoms with E-state index in [9.17, 15) is 35.1 Å². The number of non-ortho nitro benzene ring substituents is 1. The standard InChI is InChI=1S/C17H13N7O8/c1-9-12(5-11(22(26)27)6-13(9)23(28)29)17(25)19-18-7-10-8-21(2)20-16(10)14-3-4-15(32-14)24(30)31/h3-8H,1-2H3,(H,19,25). The number of hydrazone groups is 1. The molecular weight excluding hydrogens is 430 g/mol. The number of carbonyl (C=O) groups excluding carboxylic acids is 1. The molecule has 1 aromatic carbocycles. The Morgan fingerprint density at radius 1 is 1.16 bits per heavy atom. The van der Waals surface area contributed by atoms with Crippen LogP contribution in [0.4, 0.5) is 17.3 Å². The van der Waals surface area contributed by atoms with Crippen LogP contribution in [0.25, 0.3) is 11.5 Å². The second-order valence-corrected chi connectivity index (χ2v) is 6.35. The Hall–Kier alpha value is -4.95. The highest BCUT2D eigenvalue weighted by Crippen LogP contribution is 2.28. The van der Waals surface area contributed by atoms with E-state index in [2.05, 4.69) is 15.6 Å². The average Bonchev–Trinajstić information content (AvgIpc) is 3.34. The van der Waals surface area contributed by atoms with Crippen molar-refractivity contribution < 1.29 is 24.0 Å². The van der Waals surface area contributed by atoms with Crippen LogP contribution in [0, 0.1) is 37.3 Å². The summed E-state index contributed by atoms with van der Waals surface area (Å²) in [5, 5.41) is 40.9. The van der Waals surface area contributed by atoms with E-state index in [4.69, 9.17) is 4.42 Å². The molecule has 2 heterocycles. The lowest BCUT2D eigenvalue weighted by Gasteiger charge is -2.05. The first kappa shape index (κ1) is 21.8. The van der Waals surface area contributed by atoms with Crippen molar-refractivity contribution >= 4 is 29.4 Å². The summed E-state index contributed by atoms with van der Waals surface area (Å²) in [7, 11) is 1.59. The molecule has 0 radical (unpaired) electrons. The normalized spacial score (nSPS) is 10.9. The zero-order valence-corrected chi connectivity index (χ0v) is 16.4. The Kier molecular flexibility index (Phi) is 5.73. The fraction of sp³-hybridized carbons (Fsp3) is 0.118. The minimum absolute atomic E-state index is 0.0711. The van der Waals surface area contributed by atoms with E-state index < -0.39 is 37.9 Å². The number of benzene rings is 1. The topological polar surface area (TPSA) is 202 Å². The summed E-state index contributed by atoms with van der Waals surface area (Å²) in [4.78, 5) is 43.1. The van der Waals surface area contributed by atoms with E-state index in [-0.39, 0.29) is 22.6 Å². The van der Waals surface area contributed by atoms with Crippen LogP contribution < -0.4 is 5.43 Å². The molecule has 0 saturated heterocycles. The quantitative estimate of drug-likeness (QED) is 0.323. The van der Waals surface area contributed by atoms with E-state index >= 15 is 0 Å². The van der Waals surface area contributed by atoms with Crippen LogP contribution in [0.5, 0.6) is 0 Å². The number of furan rings is 1. The highest BCUT2D eigenvalue weighted by Gasteiger charge is 2.24. The molecule has 0 spiro atoms. The number of amides is 1. The van der Waals surface area contributed by atoms with Gasteiger partial charge in [0.15, 0.2) is 5.76 Å². The van der Waals surface area contributed by atoms with Gasteiger partial charge in [0.2, 0.25) is 0 Å². The average molecular weight is 443 g/mol. The number of nitro groups is 3. The van der Waals surface area contributed by atoms with Gasteiger partial charge in [0.05, 0.1) is 33.8 Å². The summed E-state index contributed by atoms with van der Waals surface area (Å²) < 4.78 is 6.51. The summed E-state index contributed by atoms with van der Waals surface area (Å²) in [5.41, 5.74) is 1.12. The maximum Gasteiger partial charge on any atom is 0.433 e. The third-order valence-corrected chi connectivity index (χ3v) is 4.25. The maximum atomic E-state index is 12.5. The summed E-state index contributed by atoms with van der Waals surface area (Å²) >= 11 is 0. The van der Waals surface area contributed by atoms with Crippen molar-refractivity contribution in [2.24, 2.45) is 12.1 Å². The molecule has 15 nitrogen and oxygen atoms in total. The van der Waals surface area contributed by atoms with Crippen molar-refractivity contribution in [2.45, 2.75) is 6.92 Å². The first-order valence-electron chi connectivity index (χ1n) is 8.63. The second kappa shape index (κ2) is 8.42. The van der Waals surface area contributed by atoms with Crippen molar-refractivity contribution in [2.75, 3.05) is 0 Å². The number of aromatic nitrogens is 2. The van der Waals surface area contributed by atoms with Gasteiger partial charge in [-0.05, 0) is 13.0 Å². The van der Waals surface area contributed by atoms with Crippen molar-refractivity contribution in [1.29, 1.82) is 0 Å². The molecule has 15 heteroatoms. The summed E-state index contributed by atoms with van der Waals surface area (Å²) in [6.07, 6.45) is 2.68. The van der Waals surface area contributed by atoms with Crippen molar-refractivity contribution in [1.82, 2.24) is 15.2 Å². The Morgan fingerprint density at radius 2 is 1.88 bits per heavy atom. The predicted molar refractivity (Wildman–Crippen MR) is 107 cm³/mol. The molecule has 0 aliphatic heterocycles. The highest BCUT2D eigenvalue weighted by molar-refractivity contribution is 5.98. The van der Waals surface area contributed by atoms with Gasteiger partial charge in [-0.2, -0.15) is 10.2 Å². The van der Waals surface area contributed by atoms with Crippen LogP contribution in [0.1, 0.15) is 21.5 Å². The molecule has 2 aromatic heterocycles. The van der Waals surface area contributed by atoms with Gasteiger partial charge in [0, 0.05) is 30.4 Å². The SMILES string of the molecule is Cc1c(C(=O)NN=Cc2cn(C)nc2-c2ccc([N+](=O)[O-])o2)cc([N+](=O)[O-])cc1[N+](=O)[O-]. The second-order valence-electron chi connectivity index (χ2n) is 6.35. The van der Waals surface area contributed by atoms with Crippen molar-refractivity contribution in [3.8, 4) is 11.5 Å². The number of rotatable bonds is 7. The van der Waals surface area contributed by atoms with Crippen LogP contribution >= 0.6 is 0 Å². The molecule has 0 atom stereocenters. The fourth-order valence-electron chi connectivity index (χ4n) is 2.78. The van der Waals surface area contributed by atoms with Gasteiger partial charge in [-0.3, -0.25) is 39.8 Å². The molecule has 0 unspecified atom stereocenters. The zero-order chi connectivity index (χ0) is 23.6. The lowest BCUT2D eigenvalue weighted by Crippen LogP contribution is -2.19. The molecule has 164 valence electrons. The Bertz CT molecular complexity index is 1290. The summed E-state index contributed by atoms with van der Waals surface area (Å²) in [6.45, 7) is 1.28. The first-order chi connectivity index (χ1) is 15.1. The highest BCUT2D eigenvalue weighted by atomic mass is 16.7. The number of carbonyl (C=O) groups is 1. The minimum Gasteiger partial charge on any atom is -0.399 e. The van der Waals surface area contributed by atoms with Crippen LogP contribution in [0.3, 0.4) is 0 Å². The molecule has 0 saturated carbocycles. The van der Waals surface area contributed by atoms with Crippen LogP contribution in [-0.4, -0.2) is 36.7 Å². The number of nitrogens with zero attached hydrogens (tertiary/aromatic N) is 6. The minimum atomic E-state index is -0.912. The van der Waals surface area contributed by atoms with Crippen molar-refractivity contribution in [3.63, 3.8) is 0 Å². The molecule has 0 aliphatic carbocycles. The lowest BCUT2D eigenvalue weighted by atomic mass is 10.1. The number of nitro benzene ring substituents is 2. The van der Waals surface area contributed by atoms with E-state index in [1.165, 1.54) is 30.1 Å². The number of hydrogen-bond acceptors (Lipinski definition) is 10. The molecule has 1 N–H and O–H groups in total. The molecule has 3 rings (SSSR count).